The van der Waals surface area contributed by atoms with Crippen LogP contribution in [0.2, 0.25) is 0 Å². The van der Waals surface area contributed by atoms with E-state index in [9.17, 15) is 4.79 Å². The molecule has 0 unspecified atom stereocenters. The van der Waals surface area contributed by atoms with Gasteiger partial charge in [-0.3, -0.25) is 0 Å². The summed E-state index contributed by atoms with van der Waals surface area (Å²) >= 11 is 0. The number of hydrogen-bond acceptors (Lipinski definition) is 2. The molecule has 0 aromatic heterocycles. The summed E-state index contributed by atoms with van der Waals surface area (Å²) in [6.45, 7) is 0. The van der Waals surface area contributed by atoms with E-state index in [1.807, 2.05) is 0 Å². The smallest absolute Gasteiger partial charge is 0.131 e. The van der Waals surface area contributed by atoms with Gasteiger partial charge in [-0.15, -0.1) is 0 Å². The van der Waals surface area contributed by atoms with E-state index in [2.05, 4.69) is 11.8 Å². The Hall–Kier alpha value is -1.75. The van der Waals surface area contributed by atoms with Gasteiger partial charge in [0.05, 0.1) is 6.42 Å². The molecule has 0 bridgehead atoms. The van der Waals surface area contributed by atoms with Gasteiger partial charge < -0.3 is 9.90 Å². The third-order valence-electron chi connectivity index (χ3n) is 1.26. The zero-order valence-corrected chi connectivity index (χ0v) is 6.45. The van der Waals surface area contributed by atoms with Crippen molar-refractivity contribution in [1.82, 2.24) is 0 Å². The number of aldehydes is 1. The third kappa shape index (κ3) is 2.47. The highest BCUT2D eigenvalue weighted by Crippen LogP contribution is 2.09. The van der Waals surface area contributed by atoms with Gasteiger partial charge in [0.2, 0.25) is 0 Å². The minimum Gasteiger partial charge on any atom is -0.508 e. The zero-order chi connectivity index (χ0) is 8.81. The molecule has 1 rings (SSSR count). The lowest BCUT2D eigenvalue weighted by atomic mass is 10.2. The van der Waals surface area contributed by atoms with Crippen LogP contribution < -0.4 is 0 Å². The molecular weight excluding hydrogens is 152 g/mol. The van der Waals surface area contributed by atoms with E-state index in [-0.39, 0.29) is 12.2 Å². The second-order valence-corrected chi connectivity index (χ2v) is 2.22. The molecule has 0 saturated heterocycles. The lowest BCUT2D eigenvalue weighted by Gasteiger charge is -1.90. The molecule has 0 amide bonds. The average Bonchev–Trinajstić information content (AvgIpc) is 2.05. The van der Waals surface area contributed by atoms with Gasteiger partial charge in [-0.05, 0) is 18.2 Å². The molecule has 0 atom stereocenters. The fourth-order valence-electron chi connectivity index (χ4n) is 0.778. The molecule has 0 radical (unpaired) electrons. The molecule has 60 valence electrons. The highest BCUT2D eigenvalue weighted by molar-refractivity contribution is 5.55. The Kier molecular flexibility index (Phi) is 2.92. The summed E-state index contributed by atoms with van der Waals surface area (Å²) in [5.41, 5.74) is 0.719. The van der Waals surface area contributed by atoms with E-state index < -0.39 is 0 Å². The molecule has 0 heterocycles. The Labute approximate surface area is 70.8 Å². The predicted octanol–water partition coefficient (Wildman–Crippen LogP) is 1.33. The predicted molar refractivity (Wildman–Crippen MR) is 45.7 cm³/mol. The molecule has 2 nitrogen and oxygen atoms in total. The lowest BCUT2D eigenvalue weighted by molar-refractivity contribution is -0.107. The van der Waals surface area contributed by atoms with Gasteiger partial charge in [0, 0.05) is 5.56 Å². The van der Waals surface area contributed by atoms with E-state index in [0.29, 0.717) is 0 Å². The van der Waals surface area contributed by atoms with Crippen LogP contribution in [-0.2, 0) is 4.79 Å². The maximum absolute atomic E-state index is 9.91. The van der Waals surface area contributed by atoms with Gasteiger partial charge in [-0.25, -0.2) is 0 Å². The summed E-state index contributed by atoms with van der Waals surface area (Å²) in [4.78, 5) is 9.91. The highest BCUT2D eigenvalue weighted by Gasteiger charge is 1.87. The Morgan fingerprint density at radius 3 is 3.00 bits per heavy atom. The number of hydrogen-bond donors (Lipinski definition) is 1. The van der Waals surface area contributed by atoms with Crippen LogP contribution in [0, 0.1) is 11.8 Å². The second kappa shape index (κ2) is 4.20. The van der Waals surface area contributed by atoms with Crippen molar-refractivity contribution in [2.75, 3.05) is 0 Å². The Morgan fingerprint density at radius 2 is 2.33 bits per heavy atom. The van der Waals surface area contributed by atoms with Crippen molar-refractivity contribution in [2.24, 2.45) is 0 Å². The van der Waals surface area contributed by atoms with E-state index in [4.69, 9.17) is 5.11 Å². The molecule has 0 aliphatic heterocycles. The molecular formula is C10H8O2. The van der Waals surface area contributed by atoms with Gasteiger partial charge in [0.1, 0.15) is 12.0 Å². The summed E-state index contributed by atoms with van der Waals surface area (Å²) in [7, 11) is 0. The van der Waals surface area contributed by atoms with Crippen molar-refractivity contribution in [3.8, 4) is 17.6 Å². The molecule has 0 fully saturated rings. The van der Waals surface area contributed by atoms with Crippen LogP contribution in [0.15, 0.2) is 24.3 Å². The van der Waals surface area contributed by atoms with Crippen LogP contribution in [0.5, 0.6) is 5.75 Å². The first-order valence-electron chi connectivity index (χ1n) is 3.54. The summed E-state index contributed by atoms with van der Waals surface area (Å²) in [6.07, 6.45) is 0.978. The van der Waals surface area contributed by atoms with Gasteiger partial charge in [0.25, 0.3) is 0 Å². The average molecular weight is 160 g/mol. The molecule has 1 aromatic carbocycles. The number of phenolic OH excluding ortho intramolecular Hbond substituents is 1. The maximum atomic E-state index is 9.91. The van der Waals surface area contributed by atoms with Gasteiger partial charge in [-0.1, -0.05) is 17.9 Å². The lowest BCUT2D eigenvalue weighted by Crippen LogP contribution is -1.73. The number of phenols is 1. The minimum atomic E-state index is 0.188. The molecule has 1 N–H and O–H groups in total. The fourth-order valence-corrected chi connectivity index (χ4v) is 0.778. The largest absolute Gasteiger partial charge is 0.508 e. The first-order valence-corrected chi connectivity index (χ1v) is 3.54. The van der Waals surface area contributed by atoms with Crippen molar-refractivity contribution in [2.45, 2.75) is 6.42 Å². The first-order chi connectivity index (χ1) is 5.83. The van der Waals surface area contributed by atoms with Crippen LogP contribution in [0.4, 0.5) is 0 Å². The van der Waals surface area contributed by atoms with E-state index >= 15 is 0 Å². The van der Waals surface area contributed by atoms with Gasteiger partial charge >= 0.3 is 0 Å². The number of carbonyl (C=O) groups is 1. The van der Waals surface area contributed by atoms with Crippen LogP contribution in [-0.4, -0.2) is 11.4 Å². The third-order valence-corrected chi connectivity index (χ3v) is 1.26. The number of benzene rings is 1. The van der Waals surface area contributed by atoms with Crippen molar-refractivity contribution in [1.29, 1.82) is 0 Å². The molecule has 0 aliphatic rings. The highest BCUT2D eigenvalue weighted by atomic mass is 16.3. The SMILES string of the molecule is O=CCC#Cc1cccc(O)c1. The molecule has 0 aliphatic carbocycles. The molecule has 0 spiro atoms. The summed E-state index contributed by atoms with van der Waals surface area (Å²) in [5.74, 6) is 5.58. The van der Waals surface area contributed by atoms with Crippen LogP contribution in [0.25, 0.3) is 0 Å². The molecule has 0 saturated carbocycles. The molecule has 2 heteroatoms. The Balaban J connectivity index is 2.77. The quantitative estimate of drug-likeness (QED) is 0.497. The van der Waals surface area contributed by atoms with Gasteiger partial charge in [0.15, 0.2) is 0 Å². The monoisotopic (exact) mass is 160 g/mol. The topological polar surface area (TPSA) is 37.3 Å². The van der Waals surface area contributed by atoms with Crippen molar-refractivity contribution < 1.29 is 9.90 Å². The van der Waals surface area contributed by atoms with Crippen LogP contribution >= 0.6 is 0 Å². The maximum Gasteiger partial charge on any atom is 0.131 e. The fraction of sp³-hybridized carbons (Fsp3) is 0.100. The van der Waals surface area contributed by atoms with Crippen molar-refractivity contribution in [3.63, 3.8) is 0 Å². The minimum absolute atomic E-state index is 0.188. The Morgan fingerprint density at radius 1 is 1.50 bits per heavy atom. The number of carbonyl (C=O) groups excluding carboxylic acids is 1. The second-order valence-electron chi connectivity index (χ2n) is 2.22. The van der Waals surface area contributed by atoms with Crippen LogP contribution in [0.1, 0.15) is 12.0 Å². The van der Waals surface area contributed by atoms with Crippen molar-refractivity contribution >= 4 is 6.29 Å². The summed E-state index contributed by atoms with van der Waals surface area (Å²) in [6, 6.07) is 6.61. The summed E-state index contributed by atoms with van der Waals surface area (Å²) < 4.78 is 0. The van der Waals surface area contributed by atoms with Crippen LogP contribution in [0.3, 0.4) is 0 Å². The van der Waals surface area contributed by atoms with E-state index in [1.165, 1.54) is 0 Å². The number of aromatic hydroxyl groups is 1. The zero-order valence-electron chi connectivity index (χ0n) is 6.45. The van der Waals surface area contributed by atoms with E-state index in [1.54, 1.807) is 24.3 Å². The van der Waals surface area contributed by atoms with Crippen molar-refractivity contribution in [3.05, 3.63) is 29.8 Å². The first kappa shape index (κ1) is 8.35. The number of rotatable bonds is 1. The normalized spacial score (nSPS) is 8.33. The Bertz CT molecular complexity index is 331. The van der Waals surface area contributed by atoms with Gasteiger partial charge in [-0.2, -0.15) is 0 Å². The van der Waals surface area contributed by atoms with E-state index in [0.717, 1.165) is 11.8 Å². The molecule has 1 aromatic rings. The summed E-state index contributed by atoms with van der Waals surface area (Å²) in [5, 5.41) is 9.03. The molecule has 12 heavy (non-hydrogen) atoms. The standard InChI is InChI=1S/C10H8O2/c11-7-2-1-4-9-5-3-6-10(12)8-9/h3,5-8,12H,2H2.